The number of hydrogen-bond acceptors (Lipinski definition) is 3. The average Bonchev–Trinajstić information content (AvgIpc) is 2.29. The van der Waals surface area contributed by atoms with Crippen molar-refractivity contribution >= 4 is 11.8 Å². The third-order valence-electron chi connectivity index (χ3n) is 1.94. The summed E-state index contributed by atoms with van der Waals surface area (Å²) in [5.74, 6) is 1.39. The second-order valence-corrected chi connectivity index (χ2v) is 3.26. The van der Waals surface area contributed by atoms with Crippen LogP contribution in [0.1, 0.15) is 23.7 Å². The topological polar surface area (TPSA) is 43.4 Å². The van der Waals surface area contributed by atoms with E-state index in [4.69, 9.17) is 11.2 Å². The molecule has 0 N–H and O–H groups in total. The maximum absolute atomic E-state index is 11.6. The van der Waals surface area contributed by atoms with Crippen LogP contribution in [0.5, 0.6) is 0 Å². The molecule has 1 unspecified atom stereocenters. The molecule has 0 aromatic heterocycles. The molecule has 1 aromatic carbocycles. The Morgan fingerprint density at radius 1 is 1.38 bits per heavy atom. The van der Waals surface area contributed by atoms with Crippen molar-refractivity contribution in [2.75, 3.05) is 0 Å². The summed E-state index contributed by atoms with van der Waals surface area (Å²) in [7, 11) is 0. The lowest BCUT2D eigenvalue weighted by Crippen LogP contribution is -2.16. The van der Waals surface area contributed by atoms with Crippen molar-refractivity contribution in [1.82, 2.24) is 0 Å². The van der Waals surface area contributed by atoms with Crippen molar-refractivity contribution in [3.8, 4) is 12.3 Å². The van der Waals surface area contributed by atoms with Crippen molar-refractivity contribution in [3.05, 3.63) is 35.9 Å². The molecule has 0 bridgehead atoms. The second kappa shape index (κ2) is 5.72. The normalized spacial score (nSPS) is 11.2. The van der Waals surface area contributed by atoms with Gasteiger partial charge < -0.3 is 4.74 Å². The van der Waals surface area contributed by atoms with Crippen LogP contribution in [0.3, 0.4) is 0 Å². The summed E-state index contributed by atoms with van der Waals surface area (Å²) in [4.78, 5) is 22.8. The van der Waals surface area contributed by atoms with Gasteiger partial charge in [-0.1, -0.05) is 36.3 Å². The number of carbonyl (C=O) groups is 2. The Balaban J connectivity index is 2.53. The highest BCUT2D eigenvalue weighted by atomic mass is 16.5. The molecular weight excluding hydrogens is 204 g/mol. The van der Waals surface area contributed by atoms with E-state index < -0.39 is 12.1 Å². The minimum absolute atomic E-state index is 0.269. The summed E-state index contributed by atoms with van der Waals surface area (Å²) >= 11 is 0. The highest BCUT2D eigenvalue weighted by Crippen LogP contribution is 2.04. The fourth-order valence-corrected chi connectivity index (χ4v) is 1.13. The third-order valence-corrected chi connectivity index (χ3v) is 1.94. The largest absolute Gasteiger partial charge is 0.449 e. The molecule has 1 rings (SSSR count). The average molecular weight is 216 g/mol. The van der Waals surface area contributed by atoms with Crippen LogP contribution >= 0.6 is 0 Å². The van der Waals surface area contributed by atoms with E-state index in [2.05, 4.69) is 5.92 Å². The highest BCUT2D eigenvalue weighted by molar-refractivity contribution is 6.05. The van der Waals surface area contributed by atoms with Crippen LogP contribution in [-0.2, 0) is 9.53 Å². The van der Waals surface area contributed by atoms with Crippen LogP contribution < -0.4 is 0 Å². The van der Waals surface area contributed by atoms with Crippen LogP contribution in [0.2, 0.25) is 0 Å². The number of benzene rings is 1. The summed E-state index contributed by atoms with van der Waals surface area (Å²) < 4.78 is 4.80. The standard InChI is InChI=1S/C13H12O3/c1-3-10(2)16-13(15)9-12(14)11-7-5-4-6-8-11/h1,4-8,10H,9H2,2H3. The number of Topliss-reactive ketones (excluding diaryl/α,β-unsaturated/α-hetero) is 1. The number of ether oxygens (including phenoxy) is 1. The van der Waals surface area contributed by atoms with Gasteiger partial charge >= 0.3 is 5.97 Å². The first-order valence-corrected chi connectivity index (χ1v) is 4.87. The zero-order valence-corrected chi connectivity index (χ0v) is 8.97. The fourth-order valence-electron chi connectivity index (χ4n) is 1.13. The number of hydrogen-bond donors (Lipinski definition) is 0. The molecule has 0 radical (unpaired) electrons. The van der Waals surface area contributed by atoms with Crippen LogP contribution in [0, 0.1) is 12.3 Å². The molecule has 0 heterocycles. The molecule has 0 fully saturated rings. The van der Waals surface area contributed by atoms with Crippen molar-refractivity contribution < 1.29 is 14.3 Å². The maximum atomic E-state index is 11.6. The number of esters is 1. The first kappa shape index (κ1) is 12.0. The molecule has 3 heteroatoms. The molecule has 1 aromatic rings. The Bertz CT molecular complexity index is 415. The predicted octanol–water partition coefficient (Wildman–Crippen LogP) is 1.82. The van der Waals surface area contributed by atoms with Gasteiger partial charge in [0.1, 0.15) is 6.42 Å². The molecule has 0 aliphatic heterocycles. The van der Waals surface area contributed by atoms with Gasteiger partial charge in [0.2, 0.25) is 0 Å². The molecule has 3 nitrogen and oxygen atoms in total. The zero-order valence-electron chi connectivity index (χ0n) is 8.97. The van der Waals surface area contributed by atoms with Gasteiger partial charge in [0.05, 0.1) is 0 Å². The lowest BCUT2D eigenvalue weighted by Gasteiger charge is -2.06. The summed E-state index contributed by atoms with van der Waals surface area (Å²) in [6, 6.07) is 8.58. The molecule has 0 aliphatic carbocycles. The Morgan fingerprint density at radius 3 is 2.56 bits per heavy atom. The van der Waals surface area contributed by atoms with Crippen LogP contribution in [-0.4, -0.2) is 17.9 Å². The van der Waals surface area contributed by atoms with Crippen LogP contribution in [0.15, 0.2) is 30.3 Å². The van der Waals surface area contributed by atoms with Gasteiger partial charge in [-0.15, -0.1) is 6.42 Å². The van der Waals surface area contributed by atoms with E-state index >= 15 is 0 Å². The van der Waals surface area contributed by atoms with E-state index in [1.54, 1.807) is 37.3 Å². The molecule has 0 saturated carbocycles. The summed E-state index contributed by atoms with van der Waals surface area (Å²) in [6.45, 7) is 1.57. The quantitative estimate of drug-likeness (QED) is 0.334. The molecule has 0 amide bonds. The number of carbonyl (C=O) groups excluding carboxylic acids is 2. The maximum Gasteiger partial charge on any atom is 0.314 e. The van der Waals surface area contributed by atoms with Gasteiger partial charge in [0, 0.05) is 5.56 Å². The van der Waals surface area contributed by atoms with Gasteiger partial charge in [0.25, 0.3) is 0 Å². The SMILES string of the molecule is C#CC(C)OC(=O)CC(=O)c1ccccc1. The fraction of sp³-hybridized carbons (Fsp3) is 0.231. The van der Waals surface area contributed by atoms with Crippen molar-refractivity contribution in [3.63, 3.8) is 0 Å². The van der Waals surface area contributed by atoms with E-state index in [1.807, 2.05) is 0 Å². The monoisotopic (exact) mass is 216 g/mol. The van der Waals surface area contributed by atoms with Crippen LogP contribution in [0.25, 0.3) is 0 Å². The van der Waals surface area contributed by atoms with Gasteiger partial charge in [-0.3, -0.25) is 9.59 Å². The van der Waals surface area contributed by atoms with E-state index in [1.165, 1.54) is 0 Å². The van der Waals surface area contributed by atoms with Gasteiger partial charge in [0.15, 0.2) is 11.9 Å². The zero-order chi connectivity index (χ0) is 12.0. The number of rotatable bonds is 4. The summed E-state index contributed by atoms with van der Waals surface area (Å²) in [6.07, 6.45) is 4.17. The lowest BCUT2D eigenvalue weighted by molar-refractivity contribution is -0.144. The summed E-state index contributed by atoms with van der Waals surface area (Å²) in [5.41, 5.74) is 0.493. The molecule has 0 aliphatic rings. The Labute approximate surface area is 94.4 Å². The van der Waals surface area contributed by atoms with Crippen LogP contribution in [0.4, 0.5) is 0 Å². The molecule has 0 spiro atoms. The summed E-state index contributed by atoms with van der Waals surface area (Å²) in [5, 5.41) is 0. The van der Waals surface area contributed by atoms with Crippen molar-refractivity contribution in [2.24, 2.45) is 0 Å². The third kappa shape index (κ3) is 3.58. The highest BCUT2D eigenvalue weighted by Gasteiger charge is 2.14. The lowest BCUT2D eigenvalue weighted by atomic mass is 10.1. The number of terminal acetylenes is 1. The molecule has 16 heavy (non-hydrogen) atoms. The second-order valence-electron chi connectivity index (χ2n) is 3.26. The van der Waals surface area contributed by atoms with E-state index in [0.717, 1.165) is 0 Å². The van der Waals surface area contributed by atoms with E-state index in [0.29, 0.717) is 5.56 Å². The molecule has 1 atom stereocenters. The van der Waals surface area contributed by atoms with Crippen molar-refractivity contribution in [2.45, 2.75) is 19.4 Å². The van der Waals surface area contributed by atoms with Gasteiger partial charge in [-0.2, -0.15) is 0 Å². The van der Waals surface area contributed by atoms with Crippen molar-refractivity contribution in [1.29, 1.82) is 0 Å². The Morgan fingerprint density at radius 2 is 2.00 bits per heavy atom. The Hall–Kier alpha value is -2.08. The smallest absolute Gasteiger partial charge is 0.314 e. The first-order valence-electron chi connectivity index (χ1n) is 4.87. The first-order chi connectivity index (χ1) is 7.63. The minimum Gasteiger partial charge on any atom is -0.449 e. The Kier molecular flexibility index (Phi) is 4.28. The molecular formula is C13H12O3. The van der Waals surface area contributed by atoms with E-state index in [-0.39, 0.29) is 12.2 Å². The minimum atomic E-state index is -0.601. The molecule has 82 valence electrons. The van der Waals surface area contributed by atoms with E-state index in [9.17, 15) is 9.59 Å². The van der Waals surface area contributed by atoms with Gasteiger partial charge in [-0.05, 0) is 6.92 Å². The number of ketones is 1. The van der Waals surface area contributed by atoms with Gasteiger partial charge in [-0.25, -0.2) is 0 Å². The molecule has 0 saturated heterocycles. The predicted molar refractivity (Wildman–Crippen MR) is 59.8 cm³/mol.